The molecule has 0 bridgehead atoms. The van der Waals surface area contributed by atoms with E-state index in [0.29, 0.717) is 5.69 Å². The molecule has 0 atom stereocenters. The Kier molecular flexibility index (Phi) is 3.90. The Balaban J connectivity index is 1.78. The second-order valence-corrected chi connectivity index (χ2v) is 4.87. The first kappa shape index (κ1) is 11.5. The summed E-state index contributed by atoms with van der Waals surface area (Å²) in [6.07, 6.45) is 2.59. The first-order chi connectivity index (χ1) is 7.77. The van der Waals surface area contributed by atoms with Crippen LogP contribution in [-0.2, 0) is 0 Å². The van der Waals surface area contributed by atoms with Crippen LogP contribution < -0.4 is 0 Å². The summed E-state index contributed by atoms with van der Waals surface area (Å²) in [5, 5.41) is 1.80. The molecule has 0 N–H and O–H groups in total. The third-order valence-corrected chi connectivity index (χ3v) is 3.53. The van der Waals surface area contributed by atoms with Gasteiger partial charge in [-0.25, -0.2) is 4.98 Å². The SMILES string of the molecule is CN(CCN1CCCC1)C(=O)c1cscn1. The van der Waals surface area contributed by atoms with E-state index >= 15 is 0 Å². The topological polar surface area (TPSA) is 36.4 Å². The number of hydrogen-bond acceptors (Lipinski definition) is 4. The minimum absolute atomic E-state index is 0.0282. The van der Waals surface area contributed by atoms with Gasteiger partial charge in [-0.05, 0) is 25.9 Å². The second-order valence-electron chi connectivity index (χ2n) is 4.15. The van der Waals surface area contributed by atoms with Crippen molar-refractivity contribution in [2.75, 3.05) is 33.2 Å². The molecule has 1 saturated heterocycles. The normalized spacial score (nSPS) is 16.6. The van der Waals surface area contributed by atoms with Crippen LogP contribution in [-0.4, -0.2) is 53.9 Å². The highest BCUT2D eigenvalue weighted by atomic mass is 32.1. The molecule has 5 heteroatoms. The maximum absolute atomic E-state index is 11.9. The van der Waals surface area contributed by atoms with E-state index in [1.54, 1.807) is 15.8 Å². The van der Waals surface area contributed by atoms with E-state index in [9.17, 15) is 4.79 Å². The molecule has 1 aliphatic rings. The molecule has 1 amide bonds. The van der Waals surface area contributed by atoms with Gasteiger partial charge < -0.3 is 9.80 Å². The van der Waals surface area contributed by atoms with Crippen LogP contribution in [0.5, 0.6) is 0 Å². The van der Waals surface area contributed by atoms with Crippen LogP contribution in [0, 0.1) is 0 Å². The Morgan fingerprint density at radius 1 is 1.56 bits per heavy atom. The molecule has 1 fully saturated rings. The van der Waals surface area contributed by atoms with E-state index in [1.807, 2.05) is 7.05 Å². The fourth-order valence-corrected chi connectivity index (χ4v) is 2.44. The Labute approximate surface area is 99.9 Å². The minimum atomic E-state index is 0.0282. The molecule has 1 aromatic rings. The maximum Gasteiger partial charge on any atom is 0.273 e. The average Bonchev–Trinajstić information content (AvgIpc) is 2.96. The van der Waals surface area contributed by atoms with Crippen molar-refractivity contribution in [3.63, 3.8) is 0 Å². The highest BCUT2D eigenvalue weighted by molar-refractivity contribution is 7.07. The van der Waals surface area contributed by atoms with Crippen molar-refractivity contribution in [1.82, 2.24) is 14.8 Å². The van der Waals surface area contributed by atoms with Gasteiger partial charge in [0.05, 0.1) is 5.51 Å². The third kappa shape index (κ3) is 2.80. The Morgan fingerprint density at radius 2 is 2.31 bits per heavy atom. The number of carbonyl (C=O) groups is 1. The second kappa shape index (κ2) is 5.41. The van der Waals surface area contributed by atoms with E-state index in [0.717, 1.165) is 13.1 Å². The van der Waals surface area contributed by atoms with E-state index in [4.69, 9.17) is 0 Å². The van der Waals surface area contributed by atoms with Crippen LogP contribution in [0.4, 0.5) is 0 Å². The lowest BCUT2D eigenvalue weighted by atomic mass is 10.4. The van der Waals surface area contributed by atoms with Gasteiger partial charge >= 0.3 is 0 Å². The molecule has 4 nitrogen and oxygen atoms in total. The molecule has 0 aromatic carbocycles. The molecule has 0 saturated carbocycles. The van der Waals surface area contributed by atoms with E-state index in [2.05, 4.69) is 9.88 Å². The molecular formula is C11H17N3OS. The summed E-state index contributed by atoms with van der Waals surface area (Å²) >= 11 is 1.46. The van der Waals surface area contributed by atoms with Gasteiger partial charge in [0, 0.05) is 25.5 Å². The number of carbonyl (C=O) groups excluding carboxylic acids is 1. The number of hydrogen-bond donors (Lipinski definition) is 0. The minimum Gasteiger partial charge on any atom is -0.339 e. The zero-order valence-corrected chi connectivity index (χ0v) is 10.4. The van der Waals surface area contributed by atoms with Crippen molar-refractivity contribution in [2.45, 2.75) is 12.8 Å². The number of likely N-dealkylation sites (N-methyl/N-ethyl adjacent to an activating group) is 1. The van der Waals surface area contributed by atoms with E-state index in [1.165, 1.54) is 37.3 Å². The molecule has 1 aliphatic heterocycles. The van der Waals surface area contributed by atoms with Gasteiger partial charge in [0.2, 0.25) is 0 Å². The number of likely N-dealkylation sites (tertiary alicyclic amines) is 1. The molecule has 2 rings (SSSR count). The summed E-state index contributed by atoms with van der Waals surface area (Å²) in [5.41, 5.74) is 2.26. The Morgan fingerprint density at radius 3 is 2.94 bits per heavy atom. The van der Waals surface area contributed by atoms with Gasteiger partial charge in [-0.15, -0.1) is 11.3 Å². The van der Waals surface area contributed by atoms with Crippen LogP contribution in [0.1, 0.15) is 23.3 Å². The summed E-state index contributed by atoms with van der Waals surface area (Å²) in [6.45, 7) is 4.13. The quantitative estimate of drug-likeness (QED) is 0.795. The highest BCUT2D eigenvalue weighted by Crippen LogP contribution is 2.08. The number of amides is 1. The number of aromatic nitrogens is 1. The average molecular weight is 239 g/mol. The first-order valence-corrected chi connectivity index (χ1v) is 6.57. The molecule has 2 heterocycles. The highest BCUT2D eigenvalue weighted by Gasteiger charge is 2.16. The van der Waals surface area contributed by atoms with Crippen molar-refractivity contribution >= 4 is 17.2 Å². The van der Waals surface area contributed by atoms with Gasteiger partial charge in [0.25, 0.3) is 5.91 Å². The fourth-order valence-electron chi connectivity index (χ4n) is 1.91. The van der Waals surface area contributed by atoms with Gasteiger partial charge in [-0.2, -0.15) is 0 Å². The molecule has 0 unspecified atom stereocenters. The summed E-state index contributed by atoms with van der Waals surface area (Å²) < 4.78 is 0. The third-order valence-electron chi connectivity index (χ3n) is 2.95. The number of thiazole rings is 1. The molecule has 88 valence electrons. The summed E-state index contributed by atoms with van der Waals surface area (Å²) in [6, 6.07) is 0. The van der Waals surface area contributed by atoms with E-state index in [-0.39, 0.29) is 5.91 Å². The van der Waals surface area contributed by atoms with Gasteiger partial charge in [-0.1, -0.05) is 0 Å². The zero-order valence-electron chi connectivity index (χ0n) is 9.56. The Bertz CT molecular complexity index is 333. The van der Waals surface area contributed by atoms with Gasteiger partial charge in [0.15, 0.2) is 0 Å². The van der Waals surface area contributed by atoms with Crippen molar-refractivity contribution in [3.8, 4) is 0 Å². The van der Waals surface area contributed by atoms with Crippen molar-refractivity contribution < 1.29 is 4.79 Å². The molecule has 1 aromatic heterocycles. The van der Waals surface area contributed by atoms with Crippen LogP contribution >= 0.6 is 11.3 Å². The standard InChI is InChI=1S/C11H17N3OS/c1-13(6-7-14-4-2-3-5-14)11(15)10-8-16-9-12-10/h8-9H,2-7H2,1H3. The lowest BCUT2D eigenvalue weighted by Crippen LogP contribution is -2.35. The van der Waals surface area contributed by atoms with Gasteiger partial charge in [-0.3, -0.25) is 4.79 Å². The van der Waals surface area contributed by atoms with E-state index < -0.39 is 0 Å². The summed E-state index contributed by atoms with van der Waals surface area (Å²) in [5.74, 6) is 0.0282. The number of nitrogens with zero attached hydrogens (tertiary/aromatic N) is 3. The largest absolute Gasteiger partial charge is 0.339 e. The molecule has 0 aliphatic carbocycles. The lowest BCUT2D eigenvalue weighted by Gasteiger charge is -2.20. The van der Waals surface area contributed by atoms with Crippen LogP contribution in [0.15, 0.2) is 10.9 Å². The summed E-state index contributed by atoms with van der Waals surface area (Å²) in [4.78, 5) is 20.1. The van der Waals surface area contributed by atoms with Crippen LogP contribution in [0.2, 0.25) is 0 Å². The van der Waals surface area contributed by atoms with Gasteiger partial charge in [0.1, 0.15) is 5.69 Å². The molecule has 16 heavy (non-hydrogen) atoms. The fraction of sp³-hybridized carbons (Fsp3) is 0.636. The molecule has 0 radical (unpaired) electrons. The molecule has 0 spiro atoms. The van der Waals surface area contributed by atoms with Crippen molar-refractivity contribution in [3.05, 3.63) is 16.6 Å². The maximum atomic E-state index is 11.9. The lowest BCUT2D eigenvalue weighted by molar-refractivity contribution is 0.0777. The zero-order chi connectivity index (χ0) is 11.4. The predicted octanol–water partition coefficient (Wildman–Crippen LogP) is 1.31. The monoisotopic (exact) mass is 239 g/mol. The van der Waals surface area contributed by atoms with Crippen LogP contribution in [0.25, 0.3) is 0 Å². The first-order valence-electron chi connectivity index (χ1n) is 5.63. The number of rotatable bonds is 4. The molecular weight excluding hydrogens is 222 g/mol. The Hall–Kier alpha value is -0.940. The van der Waals surface area contributed by atoms with Crippen molar-refractivity contribution in [2.24, 2.45) is 0 Å². The summed E-state index contributed by atoms with van der Waals surface area (Å²) in [7, 11) is 1.84. The smallest absolute Gasteiger partial charge is 0.273 e. The van der Waals surface area contributed by atoms with Crippen LogP contribution in [0.3, 0.4) is 0 Å². The van der Waals surface area contributed by atoms with Crippen molar-refractivity contribution in [1.29, 1.82) is 0 Å². The predicted molar refractivity (Wildman–Crippen MR) is 64.7 cm³/mol.